The van der Waals surface area contributed by atoms with E-state index >= 15 is 0 Å². The first-order valence-electron chi connectivity index (χ1n) is 7.20. The summed E-state index contributed by atoms with van der Waals surface area (Å²) in [6.45, 7) is 0.352. The average molecular weight is 326 g/mol. The van der Waals surface area contributed by atoms with Crippen LogP contribution < -0.4 is 5.32 Å². The molecule has 122 valence electrons. The third kappa shape index (κ3) is 3.54. The molecule has 0 radical (unpaired) electrons. The highest BCUT2D eigenvalue weighted by atomic mass is 19.1. The molecule has 0 aliphatic heterocycles. The van der Waals surface area contributed by atoms with E-state index in [0.29, 0.717) is 18.1 Å². The summed E-state index contributed by atoms with van der Waals surface area (Å²) in [5.41, 5.74) is 1.34. The lowest BCUT2D eigenvalue weighted by Gasteiger charge is -2.19. The first kappa shape index (κ1) is 15.6. The molecule has 0 unspecified atom stereocenters. The van der Waals surface area contributed by atoms with Crippen LogP contribution in [0, 0.1) is 5.82 Å². The van der Waals surface area contributed by atoms with Gasteiger partial charge in [0.2, 0.25) is 0 Å². The van der Waals surface area contributed by atoms with Crippen molar-refractivity contribution in [2.24, 2.45) is 0 Å². The van der Waals surface area contributed by atoms with Gasteiger partial charge < -0.3 is 10.2 Å². The molecule has 0 aliphatic carbocycles. The molecule has 2 amide bonds. The Bertz CT molecular complexity index is 819. The molecular weight excluding hydrogens is 311 g/mol. The first-order valence-corrected chi connectivity index (χ1v) is 7.20. The van der Waals surface area contributed by atoms with Crippen molar-refractivity contribution in [3.63, 3.8) is 0 Å². The normalized spacial score (nSPS) is 10.4. The number of hydrogen-bond donors (Lipinski definition) is 1. The Hall–Kier alpha value is -3.29. The molecule has 1 aromatic carbocycles. The van der Waals surface area contributed by atoms with Crippen LogP contribution >= 0.6 is 0 Å². The van der Waals surface area contributed by atoms with Crippen molar-refractivity contribution in [3.8, 4) is 5.82 Å². The van der Waals surface area contributed by atoms with Crippen LogP contribution in [0.2, 0.25) is 0 Å². The van der Waals surface area contributed by atoms with E-state index in [-0.39, 0.29) is 11.8 Å². The fourth-order valence-electron chi connectivity index (χ4n) is 2.14. The van der Waals surface area contributed by atoms with E-state index < -0.39 is 0 Å². The molecule has 1 N–H and O–H groups in total. The third-order valence-corrected chi connectivity index (χ3v) is 3.34. The standard InChI is InChI=1S/C16H15FN6O/c1-22(9-12-4-6-13(17)7-5-12)16(24)21-14-3-2-8-19-15(14)23-11-18-10-20-23/h2-8,10-11H,9H2,1H3,(H,21,24). The summed E-state index contributed by atoms with van der Waals surface area (Å²) in [6, 6.07) is 9.15. The predicted octanol–water partition coefficient (Wildman–Crippen LogP) is 2.47. The quantitative estimate of drug-likeness (QED) is 0.799. The zero-order chi connectivity index (χ0) is 16.9. The summed E-state index contributed by atoms with van der Waals surface area (Å²) >= 11 is 0. The summed E-state index contributed by atoms with van der Waals surface area (Å²) in [5, 5.41) is 6.81. The smallest absolute Gasteiger partial charge is 0.321 e. The molecule has 8 heteroatoms. The van der Waals surface area contributed by atoms with Gasteiger partial charge in [-0.25, -0.2) is 23.8 Å². The summed E-state index contributed by atoms with van der Waals surface area (Å²) in [5.74, 6) is 0.164. The van der Waals surface area contributed by atoms with Crippen molar-refractivity contribution in [1.29, 1.82) is 0 Å². The summed E-state index contributed by atoms with van der Waals surface area (Å²) in [4.78, 5) is 22.0. The van der Waals surface area contributed by atoms with E-state index in [4.69, 9.17) is 0 Å². The van der Waals surface area contributed by atoms with E-state index in [0.717, 1.165) is 5.56 Å². The van der Waals surface area contributed by atoms with E-state index in [1.807, 2.05) is 0 Å². The van der Waals surface area contributed by atoms with Gasteiger partial charge in [0.05, 0.1) is 5.69 Å². The van der Waals surface area contributed by atoms with Crippen LogP contribution in [0.5, 0.6) is 0 Å². The van der Waals surface area contributed by atoms with Crippen molar-refractivity contribution in [3.05, 3.63) is 66.6 Å². The Morgan fingerprint density at radius 2 is 2.08 bits per heavy atom. The molecule has 7 nitrogen and oxygen atoms in total. The Morgan fingerprint density at radius 3 is 2.79 bits per heavy atom. The van der Waals surface area contributed by atoms with Gasteiger partial charge in [-0.2, -0.15) is 5.10 Å². The largest absolute Gasteiger partial charge is 0.323 e. The lowest BCUT2D eigenvalue weighted by atomic mass is 10.2. The van der Waals surface area contributed by atoms with Gasteiger partial charge in [0, 0.05) is 19.8 Å². The number of urea groups is 1. The Morgan fingerprint density at radius 1 is 1.29 bits per heavy atom. The number of rotatable bonds is 4. The zero-order valence-electron chi connectivity index (χ0n) is 12.9. The fourth-order valence-corrected chi connectivity index (χ4v) is 2.14. The lowest BCUT2D eigenvalue weighted by molar-refractivity contribution is 0.220. The molecule has 24 heavy (non-hydrogen) atoms. The van der Waals surface area contributed by atoms with Crippen LogP contribution in [0.15, 0.2) is 55.2 Å². The van der Waals surface area contributed by atoms with Crippen LogP contribution in [-0.2, 0) is 6.54 Å². The summed E-state index contributed by atoms with van der Waals surface area (Å²) in [7, 11) is 1.66. The molecule has 2 heterocycles. The highest BCUT2D eigenvalue weighted by molar-refractivity contribution is 5.90. The SMILES string of the molecule is CN(Cc1ccc(F)cc1)C(=O)Nc1cccnc1-n1cncn1. The topological polar surface area (TPSA) is 75.9 Å². The fraction of sp³-hybridized carbons (Fsp3) is 0.125. The highest BCUT2D eigenvalue weighted by Crippen LogP contribution is 2.16. The number of carbonyl (C=O) groups is 1. The van der Waals surface area contributed by atoms with Crippen molar-refractivity contribution in [2.45, 2.75) is 6.54 Å². The number of amides is 2. The van der Waals surface area contributed by atoms with Gasteiger partial charge in [0.25, 0.3) is 0 Å². The number of hydrogen-bond acceptors (Lipinski definition) is 4. The number of nitrogens with zero attached hydrogens (tertiary/aromatic N) is 5. The maximum atomic E-state index is 12.9. The Labute approximate surface area is 137 Å². The maximum Gasteiger partial charge on any atom is 0.321 e. The minimum Gasteiger partial charge on any atom is -0.323 e. The van der Waals surface area contributed by atoms with Crippen molar-refractivity contribution < 1.29 is 9.18 Å². The minimum absolute atomic E-state index is 0.307. The number of anilines is 1. The molecule has 0 bridgehead atoms. The van der Waals surface area contributed by atoms with Gasteiger partial charge in [0.1, 0.15) is 18.5 Å². The van der Waals surface area contributed by atoms with Gasteiger partial charge in [-0.05, 0) is 29.8 Å². The number of aromatic nitrogens is 4. The second-order valence-corrected chi connectivity index (χ2v) is 5.13. The average Bonchev–Trinajstić information content (AvgIpc) is 3.11. The van der Waals surface area contributed by atoms with E-state index in [2.05, 4.69) is 20.4 Å². The van der Waals surface area contributed by atoms with Crippen LogP contribution in [0.25, 0.3) is 5.82 Å². The van der Waals surface area contributed by atoms with E-state index in [1.54, 1.807) is 37.5 Å². The number of halogens is 1. The predicted molar refractivity (Wildman–Crippen MR) is 86.0 cm³/mol. The van der Waals surface area contributed by atoms with Gasteiger partial charge >= 0.3 is 6.03 Å². The molecule has 0 saturated heterocycles. The Kier molecular flexibility index (Phi) is 4.46. The number of benzene rings is 1. The molecule has 2 aromatic heterocycles. The second-order valence-electron chi connectivity index (χ2n) is 5.13. The van der Waals surface area contributed by atoms with Crippen molar-refractivity contribution >= 4 is 11.7 Å². The highest BCUT2D eigenvalue weighted by Gasteiger charge is 2.13. The first-order chi connectivity index (χ1) is 11.6. The van der Waals surface area contributed by atoms with Crippen molar-refractivity contribution in [2.75, 3.05) is 12.4 Å². The van der Waals surface area contributed by atoms with Gasteiger partial charge in [-0.15, -0.1) is 0 Å². The van der Waals surface area contributed by atoms with Crippen LogP contribution in [-0.4, -0.2) is 37.7 Å². The van der Waals surface area contributed by atoms with E-state index in [9.17, 15) is 9.18 Å². The number of carbonyl (C=O) groups excluding carboxylic acids is 1. The van der Waals surface area contributed by atoms with Crippen LogP contribution in [0.1, 0.15) is 5.56 Å². The number of nitrogens with one attached hydrogen (secondary N) is 1. The van der Waals surface area contributed by atoms with Gasteiger partial charge in [0.15, 0.2) is 5.82 Å². The second kappa shape index (κ2) is 6.86. The molecule has 0 atom stereocenters. The zero-order valence-corrected chi connectivity index (χ0v) is 12.9. The monoisotopic (exact) mass is 326 g/mol. The third-order valence-electron chi connectivity index (χ3n) is 3.34. The Balaban J connectivity index is 1.72. The molecule has 3 aromatic rings. The molecule has 0 aliphatic rings. The molecule has 0 saturated carbocycles. The minimum atomic E-state index is -0.311. The summed E-state index contributed by atoms with van der Waals surface area (Å²) < 4.78 is 14.4. The van der Waals surface area contributed by atoms with Gasteiger partial charge in [-0.1, -0.05) is 12.1 Å². The summed E-state index contributed by atoms with van der Waals surface area (Å²) in [6.07, 6.45) is 4.50. The van der Waals surface area contributed by atoms with E-state index in [1.165, 1.54) is 34.4 Å². The molecule has 3 rings (SSSR count). The maximum absolute atomic E-state index is 12.9. The number of pyridine rings is 1. The molecule has 0 spiro atoms. The van der Waals surface area contributed by atoms with Crippen LogP contribution in [0.3, 0.4) is 0 Å². The van der Waals surface area contributed by atoms with Gasteiger partial charge in [-0.3, -0.25) is 0 Å². The molecular formula is C16H15FN6O. The molecule has 0 fully saturated rings. The van der Waals surface area contributed by atoms with Crippen LogP contribution in [0.4, 0.5) is 14.9 Å². The van der Waals surface area contributed by atoms with Crippen molar-refractivity contribution in [1.82, 2.24) is 24.6 Å². The lowest BCUT2D eigenvalue weighted by Crippen LogP contribution is -2.31.